The quantitative estimate of drug-likeness (QED) is 0.907. The molecule has 1 N–H and O–H groups in total. The van der Waals surface area contributed by atoms with Gasteiger partial charge < -0.3 is 0 Å². The molecule has 20 heavy (non-hydrogen) atoms. The second-order valence-corrected chi connectivity index (χ2v) is 6.08. The van der Waals surface area contributed by atoms with Crippen LogP contribution in [0.5, 0.6) is 0 Å². The molecule has 1 aliphatic rings. The van der Waals surface area contributed by atoms with Crippen molar-refractivity contribution in [1.82, 2.24) is 15.1 Å². The molecule has 1 fully saturated rings. The predicted octanol–water partition coefficient (Wildman–Crippen LogP) is 3.22. The van der Waals surface area contributed by atoms with E-state index in [1.54, 1.807) is 0 Å². The summed E-state index contributed by atoms with van der Waals surface area (Å²) in [6, 6.07) is 2.53. The van der Waals surface area contributed by atoms with Gasteiger partial charge in [-0.25, -0.2) is 0 Å². The summed E-state index contributed by atoms with van der Waals surface area (Å²) in [7, 11) is 0. The van der Waals surface area contributed by atoms with E-state index in [1.807, 2.05) is 18.5 Å². The highest BCUT2D eigenvalue weighted by molar-refractivity contribution is 6.31. The fourth-order valence-corrected chi connectivity index (χ4v) is 3.51. The van der Waals surface area contributed by atoms with Crippen LogP contribution in [0.1, 0.15) is 44.0 Å². The van der Waals surface area contributed by atoms with Gasteiger partial charge in [0.1, 0.15) is 5.54 Å². The van der Waals surface area contributed by atoms with Crippen LogP contribution >= 0.6 is 11.6 Å². The molecule has 5 heteroatoms. The van der Waals surface area contributed by atoms with Gasteiger partial charge in [-0.1, -0.05) is 24.9 Å². The zero-order valence-corrected chi connectivity index (χ0v) is 13.3. The van der Waals surface area contributed by atoms with Gasteiger partial charge in [0.05, 0.1) is 22.5 Å². The smallest absolute Gasteiger partial charge is 0.109 e. The van der Waals surface area contributed by atoms with E-state index in [0.29, 0.717) is 5.92 Å². The van der Waals surface area contributed by atoms with E-state index in [2.05, 4.69) is 23.4 Å². The number of hydrogen-bond donors (Lipinski definition) is 1. The molecule has 2 unspecified atom stereocenters. The van der Waals surface area contributed by atoms with E-state index in [9.17, 15) is 5.26 Å². The van der Waals surface area contributed by atoms with Gasteiger partial charge in [0.2, 0.25) is 0 Å². The molecule has 0 aliphatic heterocycles. The van der Waals surface area contributed by atoms with Gasteiger partial charge in [-0.05, 0) is 45.6 Å². The Bertz CT molecular complexity index is 517. The number of aryl methyl sites for hydroxylation is 2. The monoisotopic (exact) mass is 294 g/mol. The van der Waals surface area contributed by atoms with Crippen molar-refractivity contribution in [2.75, 3.05) is 6.54 Å². The standard InChI is InChI=1S/C15H23ClN4/c1-4-18-15(10-17)8-5-6-13(15)7-9-20-12(3)14(16)11(2)19-20/h13,18H,4-9H2,1-3H3. The van der Waals surface area contributed by atoms with Crippen LogP contribution in [0.3, 0.4) is 0 Å². The summed E-state index contributed by atoms with van der Waals surface area (Å²) in [6.45, 7) is 7.67. The number of hydrogen-bond acceptors (Lipinski definition) is 3. The van der Waals surface area contributed by atoms with E-state index in [-0.39, 0.29) is 5.54 Å². The lowest BCUT2D eigenvalue weighted by atomic mass is 9.86. The van der Waals surface area contributed by atoms with Crippen molar-refractivity contribution >= 4 is 11.6 Å². The Kier molecular flexibility index (Phi) is 4.72. The summed E-state index contributed by atoms with van der Waals surface area (Å²) in [4.78, 5) is 0. The molecule has 0 aromatic carbocycles. The summed E-state index contributed by atoms with van der Waals surface area (Å²) in [5.41, 5.74) is 1.57. The lowest BCUT2D eigenvalue weighted by Gasteiger charge is -2.29. The Morgan fingerprint density at radius 1 is 1.55 bits per heavy atom. The Hall–Kier alpha value is -1.05. The SMILES string of the molecule is CCNC1(C#N)CCCC1CCn1nc(C)c(Cl)c1C. The van der Waals surface area contributed by atoms with Crippen molar-refractivity contribution in [2.45, 2.75) is 58.5 Å². The molecule has 2 atom stereocenters. The van der Waals surface area contributed by atoms with Crippen LogP contribution in [-0.2, 0) is 6.54 Å². The number of halogens is 1. The van der Waals surface area contributed by atoms with Gasteiger partial charge in [-0.3, -0.25) is 10.00 Å². The molecule has 110 valence electrons. The lowest BCUT2D eigenvalue weighted by molar-refractivity contribution is 0.290. The number of nitrogens with zero attached hydrogens (tertiary/aromatic N) is 3. The molecule has 0 bridgehead atoms. The van der Waals surface area contributed by atoms with E-state index < -0.39 is 0 Å². The van der Waals surface area contributed by atoms with Crippen LogP contribution in [0.25, 0.3) is 0 Å². The molecule has 0 amide bonds. The first-order valence-electron chi connectivity index (χ1n) is 7.40. The third-order valence-corrected chi connectivity index (χ3v) is 5.04. The van der Waals surface area contributed by atoms with Gasteiger partial charge in [-0.15, -0.1) is 0 Å². The average Bonchev–Trinajstić information content (AvgIpc) is 2.94. The maximum Gasteiger partial charge on any atom is 0.109 e. The molecule has 0 spiro atoms. The largest absolute Gasteiger partial charge is 0.299 e. The minimum atomic E-state index is -0.339. The first-order valence-corrected chi connectivity index (χ1v) is 7.77. The van der Waals surface area contributed by atoms with Crippen LogP contribution in [0.4, 0.5) is 0 Å². The van der Waals surface area contributed by atoms with E-state index in [4.69, 9.17) is 11.6 Å². The van der Waals surface area contributed by atoms with Crippen LogP contribution < -0.4 is 5.32 Å². The lowest BCUT2D eigenvalue weighted by Crippen LogP contribution is -2.47. The van der Waals surface area contributed by atoms with Crippen LogP contribution in [0.2, 0.25) is 5.02 Å². The molecular weight excluding hydrogens is 272 g/mol. The first kappa shape index (κ1) is 15.3. The van der Waals surface area contributed by atoms with E-state index in [0.717, 1.165) is 55.2 Å². The maximum absolute atomic E-state index is 9.56. The van der Waals surface area contributed by atoms with Gasteiger partial charge in [0, 0.05) is 6.54 Å². The number of aromatic nitrogens is 2. The summed E-state index contributed by atoms with van der Waals surface area (Å²) in [5.74, 6) is 0.398. The summed E-state index contributed by atoms with van der Waals surface area (Å²) in [5, 5.41) is 18.2. The molecule has 2 rings (SSSR count). The van der Waals surface area contributed by atoms with Gasteiger partial charge >= 0.3 is 0 Å². The van der Waals surface area contributed by atoms with Crippen molar-refractivity contribution in [2.24, 2.45) is 5.92 Å². The highest BCUT2D eigenvalue weighted by Crippen LogP contribution is 2.38. The molecule has 4 nitrogen and oxygen atoms in total. The molecule has 0 radical (unpaired) electrons. The summed E-state index contributed by atoms with van der Waals surface area (Å²) >= 11 is 6.18. The minimum Gasteiger partial charge on any atom is -0.299 e. The molecule has 1 saturated carbocycles. The van der Waals surface area contributed by atoms with E-state index in [1.165, 1.54) is 0 Å². The molecule has 1 aliphatic carbocycles. The predicted molar refractivity (Wildman–Crippen MR) is 80.7 cm³/mol. The number of nitrogens with one attached hydrogen (secondary N) is 1. The van der Waals surface area contributed by atoms with Crippen LogP contribution in [0, 0.1) is 31.1 Å². The first-order chi connectivity index (χ1) is 9.54. The normalized spacial score (nSPS) is 25.9. The molecule has 1 heterocycles. The van der Waals surface area contributed by atoms with Gasteiger partial charge in [0.25, 0.3) is 0 Å². The minimum absolute atomic E-state index is 0.339. The highest BCUT2D eigenvalue weighted by Gasteiger charge is 2.42. The van der Waals surface area contributed by atoms with Crippen molar-refractivity contribution in [1.29, 1.82) is 5.26 Å². The van der Waals surface area contributed by atoms with Crippen LogP contribution in [-0.4, -0.2) is 21.9 Å². The maximum atomic E-state index is 9.56. The Morgan fingerprint density at radius 3 is 2.85 bits per heavy atom. The Morgan fingerprint density at radius 2 is 2.30 bits per heavy atom. The van der Waals surface area contributed by atoms with E-state index >= 15 is 0 Å². The zero-order chi connectivity index (χ0) is 14.8. The van der Waals surface area contributed by atoms with Crippen molar-refractivity contribution < 1.29 is 0 Å². The van der Waals surface area contributed by atoms with Crippen LogP contribution in [0.15, 0.2) is 0 Å². The molecule has 1 aromatic rings. The van der Waals surface area contributed by atoms with Crippen molar-refractivity contribution in [3.63, 3.8) is 0 Å². The molecular formula is C15H23ClN4. The number of rotatable bonds is 5. The van der Waals surface area contributed by atoms with Gasteiger partial charge in [0.15, 0.2) is 0 Å². The fraction of sp³-hybridized carbons (Fsp3) is 0.733. The highest BCUT2D eigenvalue weighted by atomic mass is 35.5. The third-order valence-electron chi connectivity index (χ3n) is 4.49. The fourth-order valence-electron chi connectivity index (χ4n) is 3.37. The zero-order valence-electron chi connectivity index (χ0n) is 12.5. The third kappa shape index (κ3) is 2.70. The molecule has 0 saturated heterocycles. The van der Waals surface area contributed by atoms with Gasteiger partial charge in [-0.2, -0.15) is 10.4 Å². The molecule has 1 aromatic heterocycles. The Balaban J connectivity index is 2.06. The summed E-state index contributed by atoms with van der Waals surface area (Å²) in [6.07, 6.45) is 4.18. The topological polar surface area (TPSA) is 53.6 Å². The number of nitriles is 1. The Labute approximate surface area is 126 Å². The second kappa shape index (κ2) is 6.15. The second-order valence-electron chi connectivity index (χ2n) is 5.70. The average molecular weight is 295 g/mol. The summed E-state index contributed by atoms with van der Waals surface area (Å²) < 4.78 is 1.98. The van der Waals surface area contributed by atoms with Crippen molar-refractivity contribution in [3.05, 3.63) is 16.4 Å². The van der Waals surface area contributed by atoms with Crippen molar-refractivity contribution in [3.8, 4) is 6.07 Å².